The Bertz CT molecular complexity index is 1330. The van der Waals surface area contributed by atoms with Crippen molar-refractivity contribution in [3.05, 3.63) is 52.5 Å². The van der Waals surface area contributed by atoms with Gasteiger partial charge in [-0.15, -0.1) is 0 Å². The highest BCUT2D eigenvalue weighted by Gasteiger charge is 2.41. The van der Waals surface area contributed by atoms with Crippen molar-refractivity contribution in [2.45, 2.75) is 37.6 Å². The van der Waals surface area contributed by atoms with Crippen molar-refractivity contribution in [1.29, 1.82) is 0 Å². The molecule has 1 aromatic heterocycles. The van der Waals surface area contributed by atoms with Gasteiger partial charge in [0.2, 0.25) is 15.9 Å². The fraction of sp³-hybridized carbons (Fsp3) is 0.417. The average molecular weight is 519 g/mol. The second kappa shape index (κ2) is 9.11. The molecule has 0 saturated carbocycles. The van der Waals surface area contributed by atoms with Crippen LogP contribution in [0.4, 0.5) is 5.13 Å². The van der Waals surface area contributed by atoms with Gasteiger partial charge in [-0.1, -0.05) is 40.6 Å². The molecule has 3 aromatic rings. The summed E-state index contributed by atoms with van der Waals surface area (Å²) in [6, 6.07) is 10.1. The van der Waals surface area contributed by atoms with Crippen LogP contribution in [0.1, 0.15) is 24.0 Å². The van der Waals surface area contributed by atoms with Gasteiger partial charge in [0.05, 0.1) is 15.1 Å². The fourth-order valence-corrected chi connectivity index (χ4v) is 7.55. The quantitative estimate of drug-likeness (QED) is 0.520. The number of halogens is 1. The topological polar surface area (TPSA) is 73.8 Å². The highest BCUT2D eigenvalue weighted by molar-refractivity contribution is 7.89. The number of nitrogens with zero attached hydrogens (tertiary/aromatic N) is 4. The van der Waals surface area contributed by atoms with Crippen LogP contribution in [-0.2, 0) is 14.8 Å². The Morgan fingerprint density at radius 1 is 1.03 bits per heavy atom. The van der Waals surface area contributed by atoms with E-state index >= 15 is 0 Å². The minimum absolute atomic E-state index is 0.0974. The maximum absolute atomic E-state index is 13.4. The number of amides is 1. The Morgan fingerprint density at radius 2 is 1.74 bits per heavy atom. The van der Waals surface area contributed by atoms with Crippen LogP contribution >= 0.6 is 22.9 Å². The summed E-state index contributed by atoms with van der Waals surface area (Å²) < 4.78 is 29.0. The zero-order chi connectivity index (χ0) is 24.0. The molecule has 2 aliphatic rings. The van der Waals surface area contributed by atoms with Crippen LogP contribution in [0.25, 0.3) is 10.2 Å². The molecule has 0 aliphatic carbocycles. The Labute approximate surface area is 209 Å². The van der Waals surface area contributed by atoms with Crippen molar-refractivity contribution in [2.24, 2.45) is 0 Å². The highest BCUT2D eigenvalue weighted by atomic mass is 35.5. The van der Waals surface area contributed by atoms with Gasteiger partial charge in [0, 0.05) is 37.7 Å². The lowest BCUT2D eigenvalue weighted by atomic mass is 10.2. The first kappa shape index (κ1) is 23.5. The number of fused-ring (bicyclic) bond motifs is 1. The van der Waals surface area contributed by atoms with E-state index in [1.807, 2.05) is 26.0 Å². The molecule has 0 spiro atoms. The van der Waals surface area contributed by atoms with E-state index < -0.39 is 16.1 Å². The Kier molecular flexibility index (Phi) is 6.31. The van der Waals surface area contributed by atoms with Crippen molar-refractivity contribution in [2.75, 3.05) is 37.6 Å². The predicted molar refractivity (Wildman–Crippen MR) is 136 cm³/mol. The van der Waals surface area contributed by atoms with Gasteiger partial charge in [-0.2, -0.15) is 4.31 Å². The molecule has 2 saturated heterocycles. The maximum atomic E-state index is 13.4. The predicted octanol–water partition coefficient (Wildman–Crippen LogP) is 4.07. The molecule has 0 bridgehead atoms. The largest absolute Gasteiger partial charge is 0.345 e. The molecule has 34 heavy (non-hydrogen) atoms. The molecule has 2 fully saturated rings. The second-order valence-corrected chi connectivity index (χ2v) is 12.2. The molecule has 180 valence electrons. The van der Waals surface area contributed by atoms with E-state index in [9.17, 15) is 13.2 Å². The normalized spacial score (nSPS) is 19.8. The van der Waals surface area contributed by atoms with E-state index in [0.29, 0.717) is 50.6 Å². The number of carbonyl (C=O) groups is 1. The number of sulfonamides is 1. The standard InChI is InChI=1S/C24H27ClN4O3S2/c1-16-5-7-18(8-6-16)34(31,32)29-11-3-4-20(29)23(30)27-12-14-28(15-13-27)24-26-22-17(2)19(25)9-10-21(22)33-24/h5-10,20H,3-4,11-15H2,1-2H3. The molecule has 1 unspecified atom stereocenters. The number of rotatable bonds is 4. The molecule has 3 heterocycles. The van der Waals surface area contributed by atoms with Crippen LogP contribution in [0.3, 0.4) is 0 Å². The van der Waals surface area contributed by atoms with E-state index in [1.165, 1.54) is 4.31 Å². The molecule has 0 radical (unpaired) electrons. The van der Waals surface area contributed by atoms with Crippen molar-refractivity contribution < 1.29 is 13.2 Å². The lowest BCUT2D eigenvalue weighted by Gasteiger charge is -2.37. The number of aryl methyl sites for hydroxylation is 2. The SMILES string of the molecule is Cc1ccc(S(=O)(=O)N2CCCC2C(=O)N2CCN(c3nc4c(C)c(Cl)ccc4s3)CC2)cc1. The first-order valence-electron chi connectivity index (χ1n) is 11.4. The summed E-state index contributed by atoms with van der Waals surface area (Å²) >= 11 is 7.88. The zero-order valence-electron chi connectivity index (χ0n) is 19.2. The van der Waals surface area contributed by atoms with Crippen molar-refractivity contribution in [3.63, 3.8) is 0 Å². The van der Waals surface area contributed by atoms with E-state index in [2.05, 4.69) is 4.90 Å². The van der Waals surface area contributed by atoms with E-state index in [1.54, 1.807) is 40.5 Å². The smallest absolute Gasteiger partial charge is 0.243 e. The van der Waals surface area contributed by atoms with E-state index in [-0.39, 0.29) is 10.8 Å². The zero-order valence-corrected chi connectivity index (χ0v) is 21.6. The summed E-state index contributed by atoms with van der Waals surface area (Å²) in [6.07, 6.45) is 1.25. The third-order valence-corrected chi connectivity index (χ3v) is 10.1. The van der Waals surface area contributed by atoms with Crippen LogP contribution < -0.4 is 4.90 Å². The summed E-state index contributed by atoms with van der Waals surface area (Å²) in [5.41, 5.74) is 2.90. The molecule has 1 amide bonds. The molecule has 2 aromatic carbocycles. The second-order valence-electron chi connectivity index (χ2n) is 8.91. The number of aromatic nitrogens is 1. The molecule has 2 aliphatic heterocycles. The molecule has 7 nitrogen and oxygen atoms in total. The number of anilines is 1. The van der Waals surface area contributed by atoms with E-state index in [4.69, 9.17) is 16.6 Å². The number of carbonyl (C=O) groups excluding carboxylic acids is 1. The number of hydrogen-bond donors (Lipinski definition) is 0. The highest BCUT2D eigenvalue weighted by Crippen LogP contribution is 2.34. The van der Waals surface area contributed by atoms with Crippen LogP contribution in [0, 0.1) is 13.8 Å². The van der Waals surface area contributed by atoms with Gasteiger partial charge in [-0.25, -0.2) is 13.4 Å². The minimum atomic E-state index is -3.71. The van der Waals surface area contributed by atoms with Crippen LogP contribution in [0.15, 0.2) is 41.3 Å². The van der Waals surface area contributed by atoms with Crippen molar-refractivity contribution in [3.8, 4) is 0 Å². The monoisotopic (exact) mass is 518 g/mol. The summed E-state index contributed by atoms with van der Waals surface area (Å²) in [5.74, 6) is -0.0974. The number of piperazine rings is 1. The van der Waals surface area contributed by atoms with Gasteiger partial charge >= 0.3 is 0 Å². The summed E-state index contributed by atoms with van der Waals surface area (Å²) in [6.45, 7) is 6.68. The summed E-state index contributed by atoms with van der Waals surface area (Å²) in [7, 11) is -3.71. The summed E-state index contributed by atoms with van der Waals surface area (Å²) in [5, 5.41) is 1.64. The number of thiazole rings is 1. The third kappa shape index (κ3) is 4.19. The van der Waals surface area contributed by atoms with Gasteiger partial charge in [0.25, 0.3) is 0 Å². The van der Waals surface area contributed by atoms with Crippen LogP contribution in [0.2, 0.25) is 5.02 Å². The van der Waals surface area contributed by atoms with Gasteiger partial charge < -0.3 is 9.80 Å². The minimum Gasteiger partial charge on any atom is -0.345 e. The lowest BCUT2D eigenvalue weighted by Crippen LogP contribution is -2.54. The van der Waals surface area contributed by atoms with Gasteiger partial charge in [0.15, 0.2) is 5.13 Å². The maximum Gasteiger partial charge on any atom is 0.243 e. The first-order chi connectivity index (χ1) is 16.3. The Hall–Kier alpha value is -2.20. The van der Waals surface area contributed by atoms with Gasteiger partial charge in [0.1, 0.15) is 6.04 Å². The first-order valence-corrected chi connectivity index (χ1v) is 14.1. The Morgan fingerprint density at radius 3 is 2.44 bits per heavy atom. The van der Waals surface area contributed by atoms with E-state index in [0.717, 1.165) is 26.5 Å². The van der Waals surface area contributed by atoms with Crippen LogP contribution in [0.5, 0.6) is 0 Å². The van der Waals surface area contributed by atoms with Gasteiger partial charge in [-0.3, -0.25) is 4.79 Å². The molecule has 0 N–H and O–H groups in total. The molecule has 5 rings (SSSR count). The lowest BCUT2D eigenvalue weighted by molar-refractivity contribution is -0.134. The molecular formula is C24H27ClN4O3S2. The van der Waals surface area contributed by atoms with Crippen molar-refractivity contribution >= 4 is 54.2 Å². The summed E-state index contributed by atoms with van der Waals surface area (Å²) in [4.78, 5) is 22.4. The fourth-order valence-electron chi connectivity index (χ4n) is 4.67. The number of benzene rings is 2. The molecule has 1 atom stereocenters. The third-order valence-electron chi connectivity index (χ3n) is 6.71. The number of hydrogen-bond acceptors (Lipinski definition) is 6. The van der Waals surface area contributed by atoms with Crippen molar-refractivity contribution in [1.82, 2.24) is 14.2 Å². The Balaban J connectivity index is 1.28. The molecule has 10 heteroatoms. The molecular weight excluding hydrogens is 492 g/mol. The van der Waals surface area contributed by atoms with Gasteiger partial charge in [-0.05, 0) is 56.5 Å². The average Bonchev–Trinajstić information content (AvgIpc) is 3.50. The van der Waals surface area contributed by atoms with Crippen LogP contribution in [-0.4, -0.2) is 67.3 Å².